The highest BCUT2D eigenvalue weighted by Gasteiger charge is 2.10. The molecule has 0 aliphatic rings. The molecule has 180 valence electrons. The second-order valence-corrected chi connectivity index (χ2v) is 9.31. The highest BCUT2D eigenvalue weighted by atomic mass is 16.5. The van der Waals surface area contributed by atoms with Gasteiger partial charge in [-0.3, -0.25) is 4.79 Å². The lowest BCUT2D eigenvalue weighted by Gasteiger charge is -2.13. The number of aliphatic hydroxyl groups excluding tert-OH is 1. The van der Waals surface area contributed by atoms with Crippen LogP contribution in [-0.2, 0) is 22.4 Å². The lowest BCUT2D eigenvalue weighted by atomic mass is 9.95. The number of rotatable bonds is 12. The molecule has 0 aliphatic carbocycles. The van der Waals surface area contributed by atoms with Crippen LogP contribution in [-0.4, -0.2) is 24.8 Å². The molecule has 0 aliphatic heterocycles. The van der Waals surface area contributed by atoms with Gasteiger partial charge in [0.05, 0.1) is 6.61 Å². The number of hydrogen-bond acceptors (Lipinski definition) is 3. The normalized spacial score (nSPS) is 11.9. The minimum Gasteiger partial charge on any atom is -0.468 e. The molecule has 1 unspecified atom stereocenters. The van der Waals surface area contributed by atoms with Crippen molar-refractivity contribution >= 4 is 17.2 Å². The van der Waals surface area contributed by atoms with Crippen molar-refractivity contribution < 1.29 is 14.6 Å². The number of aliphatic hydroxyl groups is 1. The van der Waals surface area contributed by atoms with Gasteiger partial charge in [0.15, 0.2) is 0 Å². The maximum absolute atomic E-state index is 10.4. The predicted molar refractivity (Wildman–Crippen MR) is 144 cm³/mol. The summed E-state index contributed by atoms with van der Waals surface area (Å²) in [5, 5.41) is 11.9. The quantitative estimate of drug-likeness (QED) is 0.177. The largest absolute Gasteiger partial charge is 0.468 e. The molecule has 4 rings (SSSR count). The van der Waals surface area contributed by atoms with E-state index >= 15 is 0 Å². The standard InChI is InChI=1S/C32H34O3/c1-2-3-4-5-24-6-10-27(11-7-24)29-14-16-32-20-30(15-17-31(32)19-29)28-12-8-25(9-13-28)18-26(21-33)22-35-23-34/h6-17,19-20,23,26,33H,2-5,18,21-22H2,1H3. The van der Waals surface area contributed by atoms with Crippen molar-refractivity contribution in [3.8, 4) is 22.3 Å². The molecule has 0 spiro atoms. The van der Waals surface area contributed by atoms with E-state index in [9.17, 15) is 9.90 Å². The van der Waals surface area contributed by atoms with Gasteiger partial charge < -0.3 is 9.84 Å². The third kappa shape index (κ3) is 6.58. The Labute approximate surface area is 208 Å². The minimum absolute atomic E-state index is 0.00857. The van der Waals surface area contributed by atoms with Crippen LogP contribution in [0.15, 0.2) is 84.9 Å². The average Bonchev–Trinajstić information content (AvgIpc) is 2.91. The summed E-state index contributed by atoms with van der Waals surface area (Å²) in [6.07, 6.45) is 5.64. The summed E-state index contributed by atoms with van der Waals surface area (Å²) < 4.78 is 4.81. The summed E-state index contributed by atoms with van der Waals surface area (Å²) >= 11 is 0. The molecule has 0 aromatic heterocycles. The van der Waals surface area contributed by atoms with Crippen LogP contribution in [0.5, 0.6) is 0 Å². The van der Waals surface area contributed by atoms with Crippen LogP contribution in [0.1, 0.15) is 37.3 Å². The summed E-state index contributed by atoms with van der Waals surface area (Å²) in [4.78, 5) is 10.4. The van der Waals surface area contributed by atoms with E-state index in [-0.39, 0.29) is 19.1 Å². The summed E-state index contributed by atoms with van der Waals surface area (Å²) in [5.74, 6) is -0.0850. The topological polar surface area (TPSA) is 46.5 Å². The molecule has 35 heavy (non-hydrogen) atoms. The van der Waals surface area contributed by atoms with Crippen molar-refractivity contribution in [1.29, 1.82) is 0 Å². The van der Waals surface area contributed by atoms with E-state index in [1.165, 1.54) is 52.3 Å². The van der Waals surface area contributed by atoms with E-state index in [1.54, 1.807) is 0 Å². The van der Waals surface area contributed by atoms with E-state index in [0.717, 1.165) is 17.5 Å². The van der Waals surface area contributed by atoms with E-state index in [2.05, 4.69) is 91.9 Å². The number of carbonyl (C=O) groups is 1. The van der Waals surface area contributed by atoms with Gasteiger partial charge in [-0.25, -0.2) is 0 Å². The zero-order chi connectivity index (χ0) is 24.5. The van der Waals surface area contributed by atoms with Gasteiger partial charge in [0, 0.05) is 12.5 Å². The van der Waals surface area contributed by atoms with Crippen molar-refractivity contribution in [2.45, 2.75) is 39.0 Å². The maximum atomic E-state index is 10.4. The van der Waals surface area contributed by atoms with E-state index in [0.29, 0.717) is 12.9 Å². The molecule has 0 radical (unpaired) electrons. The van der Waals surface area contributed by atoms with Crippen LogP contribution in [0.3, 0.4) is 0 Å². The molecule has 3 nitrogen and oxygen atoms in total. The monoisotopic (exact) mass is 466 g/mol. The predicted octanol–water partition coefficient (Wildman–Crippen LogP) is 7.23. The van der Waals surface area contributed by atoms with Crippen LogP contribution >= 0.6 is 0 Å². The van der Waals surface area contributed by atoms with Crippen LogP contribution < -0.4 is 0 Å². The maximum Gasteiger partial charge on any atom is 0.293 e. The van der Waals surface area contributed by atoms with Gasteiger partial charge in [0.25, 0.3) is 6.47 Å². The first-order valence-electron chi connectivity index (χ1n) is 12.6. The number of carbonyl (C=O) groups excluding carboxylic acids is 1. The number of aryl methyl sites for hydroxylation is 1. The van der Waals surface area contributed by atoms with Gasteiger partial charge >= 0.3 is 0 Å². The van der Waals surface area contributed by atoms with Crippen molar-refractivity contribution in [2.24, 2.45) is 5.92 Å². The number of unbranched alkanes of at least 4 members (excludes halogenated alkanes) is 2. The molecule has 0 saturated heterocycles. The Bertz CT molecular complexity index is 1230. The average molecular weight is 467 g/mol. The first kappa shape index (κ1) is 24.7. The molecule has 0 bridgehead atoms. The Balaban J connectivity index is 1.46. The van der Waals surface area contributed by atoms with Crippen LogP contribution in [0, 0.1) is 5.92 Å². The third-order valence-electron chi connectivity index (χ3n) is 6.67. The van der Waals surface area contributed by atoms with Gasteiger partial charge in [0.1, 0.15) is 0 Å². The molecular formula is C32H34O3. The fourth-order valence-corrected chi connectivity index (χ4v) is 4.57. The molecule has 0 heterocycles. The second kappa shape index (κ2) is 12.3. The number of fused-ring (bicyclic) bond motifs is 1. The lowest BCUT2D eigenvalue weighted by Crippen LogP contribution is -2.16. The molecule has 1 atom stereocenters. The van der Waals surface area contributed by atoms with E-state index < -0.39 is 0 Å². The first-order valence-corrected chi connectivity index (χ1v) is 12.6. The van der Waals surface area contributed by atoms with Crippen molar-refractivity contribution in [1.82, 2.24) is 0 Å². The minimum atomic E-state index is -0.0850. The number of ether oxygens (including phenoxy) is 1. The fourth-order valence-electron chi connectivity index (χ4n) is 4.57. The van der Waals surface area contributed by atoms with Crippen LogP contribution in [0.25, 0.3) is 33.0 Å². The molecule has 0 saturated carbocycles. The zero-order valence-electron chi connectivity index (χ0n) is 20.5. The SMILES string of the molecule is CCCCCc1ccc(-c2ccc3cc(-c4ccc(CC(CO)COC=O)cc4)ccc3c2)cc1. The Morgan fingerprint density at radius 2 is 1.29 bits per heavy atom. The second-order valence-electron chi connectivity index (χ2n) is 9.31. The van der Waals surface area contributed by atoms with Crippen molar-refractivity contribution in [2.75, 3.05) is 13.2 Å². The Morgan fingerprint density at radius 1 is 0.743 bits per heavy atom. The highest BCUT2D eigenvalue weighted by Crippen LogP contribution is 2.29. The molecular weight excluding hydrogens is 432 g/mol. The van der Waals surface area contributed by atoms with Crippen LogP contribution in [0.2, 0.25) is 0 Å². The number of hydrogen-bond donors (Lipinski definition) is 1. The van der Waals surface area contributed by atoms with Gasteiger partial charge in [-0.2, -0.15) is 0 Å². The summed E-state index contributed by atoms with van der Waals surface area (Å²) in [7, 11) is 0. The molecule has 1 N–H and O–H groups in total. The van der Waals surface area contributed by atoms with Crippen molar-refractivity contribution in [3.63, 3.8) is 0 Å². The van der Waals surface area contributed by atoms with Crippen molar-refractivity contribution in [3.05, 3.63) is 96.1 Å². The Morgan fingerprint density at radius 3 is 1.80 bits per heavy atom. The third-order valence-corrected chi connectivity index (χ3v) is 6.67. The van der Waals surface area contributed by atoms with Gasteiger partial charge in [-0.05, 0) is 75.5 Å². The Kier molecular flexibility index (Phi) is 8.69. The summed E-state index contributed by atoms with van der Waals surface area (Å²) in [5.41, 5.74) is 7.36. The highest BCUT2D eigenvalue weighted by molar-refractivity contribution is 5.90. The smallest absolute Gasteiger partial charge is 0.293 e. The molecule has 0 fully saturated rings. The first-order chi connectivity index (χ1) is 17.2. The molecule has 0 amide bonds. The fraction of sp³-hybridized carbons (Fsp3) is 0.281. The Hall–Kier alpha value is -3.43. The van der Waals surface area contributed by atoms with Gasteiger partial charge in [0.2, 0.25) is 0 Å². The van der Waals surface area contributed by atoms with E-state index in [1.807, 2.05) is 0 Å². The van der Waals surface area contributed by atoms with Gasteiger partial charge in [-0.15, -0.1) is 0 Å². The lowest BCUT2D eigenvalue weighted by molar-refractivity contribution is -0.130. The molecule has 4 aromatic carbocycles. The summed E-state index contributed by atoms with van der Waals surface area (Å²) in [6.45, 7) is 2.90. The molecule has 3 heteroatoms. The van der Waals surface area contributed by atoms with E-state index in [4.69, 9.17) is 4.74 Å². The zero-order valence-corrected chi connectivity index (χ0v) is 20.5. The molecule has 4 aromatic rings. The summed E-state index contributed by atoms with van der Waals surface area (Å²) in [6, 6.07) is 30.7. The number of benzene rings is 4. The van der Waals surface area contributed by atoms with Crippen LogP contribution in [0.4, 0.5) is 0 Å². The van der Waals surface area contributed by atoms with Gasteiger partial charge in [-0.1, -0.05) is 92.6 Å².